The number of rotatable bonds is 5. The number of H-pyrrole nitrogens is 1. The van der Waals surface area contributed by atoms with E-state index in [-0.39, 0.29) is 11.6 Å². The lowest BCUT2D eigenvalue weighted by molar-refractivity contribution is 0.0942. The number of benzene rings is 2. The van der Waals surface area contributed by atoms with Crippen LogP contribution in [0.4, 0.5) is 0 Å². The number of pyridine rings is 1. The van der Waals surface area contributed by atoms with E-state index in [4.69, 9.17) is 0 Å². The van der Waals surface area contributed by atoms with Crippen LogP contribution in [0.1, 0.15) is 26.8 Å². The molecular formula is C23H18N2O2S. The average Bonchev–Trinajstić information content (AvgIpc) is 3.27. The summed E-state index contributed by atoms with van der Waals surface area (Å²) >= 11 is 1.57. The Balaban J connectivity index is 1.62. The number of amides is 1. The summed E-state index contributed by atoms with van der Waals surface area (Å²) in [5, 5.41) is 4.97. The molecule has 2 aromatic carbocycles. The molecule has 1 unspecified atom stereocenters. The molecule has 0 aliphatic heterocycles. The van der Waals surface area contributed by atoms with Crippen molar-refractivity contribution in [2.24, 2.45) is 0 Å². The van der Waals surface area contributed by atoms with Crippen LogP contribution in [0.2, 0.25) is 0 Å². The second-order valence-corrected chi connectivity index (χ2v) is 7.29. The van der Waals surface area contributed by atoms with Crippen molar-refractivity contribution < 1.29 is 4.79 Å². The maximum Gasteiger partial charge on any atom is 0.261 e. The molecule has 0 fully saturated rings. The van der Waals surface area contributed by atoms with Crippen molar-refractivity contribution in [3.8, 4) is 11.3 Å². The molecule has 4 nitrogen and oxygen atoms in total. The molecule has 0 aliphatic carbocycles. The first-order chi connectivity index (χ1) is 13.7. The SMILES string of the molecule is O=C(NC(c1ccccc1)c1cccs1)c1ccc(-c2ccccc2)[nH]c1=O. The summed E-state index contributed by atoms with van der Waals surface area (Å²) in [6.07, 6.45) is 0. The number of nitrogens with one attached hydrogen (secondary N) is 2. The van der Waals surface area contributed by atoms with Gasteiger partial charge in [-0.1, -0.05) is 66.7 Å². The lowest BCUT2D eigenvalue weighted by Crippen LogP contribution is -2.33. The Labute approximate surface area is 166 Å². The van der Waals surface area contributed by atoms with Gasteiger partial charge in [-0.15, -0.1) is 11.3 Å². The number of aromatic nitrogens is 1. The standard InChI is InChI=1S/C23H18N2O2S/c26-22-18(13-14-19(24-22)16-8-3-1-4-9-16)23(27)25-21(20-12-7-15-28-20)17-10-5-2-6-11-17/h1-15,21H,(H,24,26)(H,25,27). The predicted molar refractivity (Wildman–Crippen MR) is 113 cm³/mol. The third-order valence-corrected chi connectivity index (χ3v) is 5.41. The second-order valence-electron chi connectivity index (χ2n) is 6.31. The summed E-state index contributed by atoms with van der Waals surface area (Å²) in [6.45, 7) is 0. The number of carbonyl (C=O) groups is 1. The molecule has 0 saturated heterocycles. The fraction of sp³-hybridized carbons (Fsp3) is 0.0435. The van der Waals surface area contributed by atoms with Gasteiger partial charge in [0.2, 0.25) is 0 Å². The van der Waals surface area contributed by atoms with Gasteiger partial charge in [-0.25, -0.2) is 0 Å². The molecule has 0 saturated carbocycles. The first-order valence-corrected chi connectivity index (χ1v) is 9.78. The molecule has 5 heteroatoms. The van der Waals surface area contributed by atoms with Crippen LogP contribution in [0.5, 0.6) is 0 Å². The summed E-state index contributed by atoms with van der Waals surface area (Å²) < 4.78 is 0. The van der Waals surface area contributed by atoms with Crippen molar-refractivity contribution in [3.63, 3.8) is 0 Å². The topological polar surface area (TPSA) is 62.0 Å². The van der Waals surface area contributed by atoms with Crippen molar-refractivity contribution in [3.05, 3.63) is 117 Å². The molecule has 1 amide bonds. The fourth-order valence-electron chi connectivity index (χ4n) is 3.07. The molecule has 2 N–H and O–H groups in total. The zero-order valence-corrected chi connectivity index (χ0v) is 15.8. The Morgan fingerprint density at radius 3 is 2.21 bits per heavy atom. The number of hydrogen-bond acceptors (Lipinski definition) is 3. The minimum absolute atomic E-state index is 0.0946. The normalized spacial score (nSPS) is 11.7. The maximum atomic E-state index is 12.9. The third-order valence-electron chi connectivity index (χ3n) is 4.47. The Hall–Kier alpha value is -3.44. The average molecular weight is 386 g/mol. The van der Waals surface area contributed by atoms with Crippen LogP contribution in [0.15, 0.2) is 95.1 Å². The lowest BCUT2D eigenvalue weighted by Gasteiger charge is -2.18. The van der Waals surface area contributed by atoms with E-state index in [1.807, 2.05) is 78.2 Å². The monoisotopic (exact) mass is 386 g/mol. The van der Waals surface area contributed by atoms with Crippen LogP contribution in [-0.4, -0.2) is 10.9 Å². The van der Waals surface area contributed by atoms with E-state index in [1.54, 1.807) is 23.5 Å². The van der Waals surface area contributed by atoms with Crippen molar-refractivity contribution >= 4 is 17.2 Å². The molecule has 2 heterocycles. The van der Waals surface area contributed by atoms with Gasteiger partial charge in [-0.05, 0) is 34.7 Å². The number of hydrogen-bond donors (Lipinski definition) is 2. The molecule has 138 valence electrons. The van der Waals surface area contributed by atoms with Gasteiger partial charge in [0.05, 0.1) is 6.04 Å². The van der Waals surface area contributed by atoms with Crippen LogP contribution in [0.25, 0.3) is 11.3 Å². The van der Waals surface area contributed by atoms with Gasteiger partial charge in [0, 0.05) is 10.6 Å². The van der Waals surface area contributed by atoms with E-state index in [2.05, 4.69) is 10.3 Å². The molecule has 1 atom stereocenters. The van der Waals surface area contributed by atoms with Crippen molar-refractivity contribution in [2.45, 2.75) is 6.04 Å². The zero-order valence-electron chi connectivity index (χ0n) is 15.0. The molecule has 2 aromatic heterocycles. The first-order valence-electron chi connectivity index (χ1n) is 8.90. The van der Waals surface area contributed by atoms with Crippen molar-refractivity contribution in [1.82, 2.24) is 10.3 Å². The predicted octanol–water partition coefficient (Wildman–Crippen LogP) is 4.62. The molecule has 0 spiro atoms. The Bertz CT molecular complexity index is 1120. The van der Waals surface area contributed by atoms with Gasteiger partial charge in [0.1, 0.15) is 5.56 Å². The zero-order chi connectivity index (χ0) is 19.3. The molecule has 4 aromatic rings. The van der Waals surface area contributed by atoms with Gasteiger partial charge in [0.15, 0.2) is 0 Å². The number of thiophene rings is 1. The van der Waals surface area contributed by atoms with Crippen LogP contribution >= 0.6 is 11.3 Å². The van der Waals surface area contributed by atoms with Gasteiger partial charge < -0.3 is 10.3 Å². The second kappa shape index (κ2) is 8.06. The van der Waals surface area contributed by atoms with E-state index in [9.17, 15) is 9.59 Å². The highest BCUT2D eigenvalue weighted by molar-refractivity contribution is 7.10. The Kier molecular flexibility index (Phi) is 5.17. The van der Waals surface area contributed by atoms with E-state index in [0.29, 0.717) is 5.69 Å². The molecule has 0 bridgehead atoms. The Morgan fingerprint density at radius 2 is 1.57 bits per heavy atom. The first kappa shape index (κ1) is 17.9. The molecule has 28 heavy (non-hydrogen) atoms. The van der Waals surface area contributed by atoms with Gasteiger partial charge in [0.25, 0.3) is 11.5 Å². The van der Waals surface area contributed by atoms with Gasteiger partial charge in [-0.2, -0.15) is 0 Å². The van der Waals surface area contributed by atoms with Crippen molar-refractivity contribution in [1.29, 1.82) is 0 Å². The quantitative estimate of drug-likeness (QED) is 0.526. The van der Waals surface area contributed by atoms with Crippen LogP contribution in [-0.2, 0) is 0 Å². The molecule has 0 aliphatic rings. The number of carbonyl (C=O) groups excluding carboxylic acids is 1. The summed E-state index contributed by atoms with van der Waals surface area (Å²) in [5.41, 5.74) is 2.23. The highest BCUT2D eigenvalue weighted by Gasteiger charge is 2.20. The van der Waals surface area contributed by atoms with Crippen LogP contribution in [0, 0.1) is 0 Å². The van der Waals surface area contributed by atoms with E-state index in [0.717, 1.165) is 16.0 Å². The summed E-state index contributed by atoms with van der Waals surface area (Å²) in [7, 11) is 0. The molecular weight excluding hydrogens is 368 g/mol. The summed E-state index contributed by atoms with van der Waals surface area (Å²) in [5.74, 6) is -0.400. The summed E-state index contributed by atoms with van der Waals surface area (Å²) in [4.78, 5) is 29.2. The molecule has 4 rings (SSSR count). The lowest BCUT2D eigenvalue weighted by atomic mass is 10.0. The highest BCUT2D eigenvalue weighted by atomic mass is 32.1. The maximum absolute atomic E-state index is 12.9. The molecule has 0 radical (unpaired) electrons. The van der Waals surface area contributed by atoms with Crippen molar-refractivity contribution in [2.75, 3.05) is 0 Å². The minimum atomic E-state index is -0.406. The van der Waals surface area contributed by atoms with E-state index >= 15 is 0 Å². The minimum Gasteiger partial charge on any atom is -0.340 e. The Morgan fingerprint density at radius 1 is 0.857 bits per heavy atom. The largest absolute Gasteiger partial charge is 0.340 e. The van der Waals surface area contributed by atoms with E-state index in [1.165, 1.54) is 0 Å². The smallest absolute Gasteiger partial charge is 0.261 e. The van der Waals surface area contributed by atoms with Crippen LogP contribution in [0.3, 0.4) is 0 Å². The van der Waals surface area contributed by atoms with Gasteiger partial charge in [-0.3, -0.25) is 9.59 Å². The van der Waals surface area contributed by atoms with E-state index < -0.39 is 11.5 Å². The summed E-state index contributed by atoms with van der Waals surface area (Å²) in [6, 6.07) is 26.2. The van der Waals surface area contributed by atoms with Gasteiger partial charge >= 0.3 is 0 Å². The number of aromatic amines is 1. The highest BCUT2D eigenvalue weighted by Crippen LogP contribution is 2.26. The van der Waals surface area contributed by atoms with Crippen LogP contribution < -0.4 is 10.9 Å². The third kappa shape index (κ3) is 3.80. The fourth-order valence-corrected chi connectivity index (χ4v) is 3.87.